The van der Waals surface area contributed by atoms with Crippen molar-refractivity contribution in [3.05, 3.63) is 58.1 Å². The molecule has 0 amide bonds. The normalized spacial score (nSPS) is 10.2. The van der Waals surface area contributed by atoms with Crippen LogP contribution in [0.25, 0.3) is 0 Å². The number of hydrogen-bond acceptors (Lipinski definition) is 5. The largest absolute Gasteiger partial charge is 0.508 e. The highest BCUT2D eigenvalue weighted by atomic mass is 32.2. The van der Waals surface area contributed by atoms with E-state index < -0.39 is 4.92 Å². The number of hydrogen-bond donors (Lipinski definition) is 2. The van der Waals surface area contributed by atoms with Gasteiger partial charge in [0.25, 0.3) is 5.69 Å². The molecule has 0 fully saturated rings. The van der Waals surface area contributed by atoms with Crippen LogP contribution in [0.4, 0.5) is 11.4 Å². The Kier molecular flexibility index (Phi) is 4.47. The van der Waals surface area contributed by atoms with Gasteiger partial charge in [0.15, 0.2) is 0 Å². The van der Waals surface area contributed by atoms with Gasteiger partial charge in [0.1, 0.15) is 11.4 Å². The summed E-state index contributed by atoms with van der Waals surface area (Å²) in [6.45, 7) is 0.486. The Balaban J connectivity index is 2.12. The molecule has 0 aliphatic heterocycles. The predicted octanol–water partition coefficient (Wildman–Crippen LogP) is 3.63. The van der Waals surface area contributed by atoms with E-state index in [-0.39, 0.29) is 11.4 Å². The average Bonchev–Trinajstić information content (AvgIpc) is 2.46. The second-order valence-corrected chi connectivity index (χ2v) is 5.04. The predicted molar refractivity (Wildman–Crippen MR) is 80.3 cm³/mol. The van der Waals surface area contributed by atoms with E-state index in [2.05, 4.69) is 5.32 Å². The number of anilines is 1. The third-order valence-electron chi connectivity index (χ3n) is 2.82. The number of nitrogens with zero attached hydrogens (tertiary/aromatic N) is 1. The first kappa shape index (κ1) is 14.2. The molecule has 0 saturated carbocycles. The van der Waals surface area contributed by atoms with Crippen molar-refractivity contribution < 1.29 is 10.0 Å². The van der Waals surface area contributed by atoms with Gasteiger partial charge in [0, 0.05) is 11.4 Å². The van der Waals surface area contributed by atoms with Crippen molar-refractivity contribution in [1.82, 2.24) is 0 Å². The van der Waals surface area contributed by atoms with Crippen LogP contribution in [-0.4, -0.2) is 16.3 Å². The number of phenols is 1. The maximum Gasteiger partial charge on any atom is 0.296 e. The molecule has 0 saturated heterocycles. The second-order valence-electron chi connectivity index (χ2n) is 4.16. The van der Waals surface area contributed by atoms with E-state index in [0.717, 1.165) is 11.6 Å². The molecule has 2 aromatic carbocycles. The Morgan fingerprint density at radius 2 is 1.95 bits per heavy atom. The lowest BCUT2D eigenvalue weighted by Crippen LogP contribution is -2.02. The smallest absolute Gasteiger partial charge is 0.296 e. The van der Waals surface area contributed by atoms with Gasteiger partial charge in [-0.1, -0.05) is 12.1 Å². The second kappa shape index (κ2) is 6.29. The number of rotatable bonds is 5. The third kappa shape index (κ3) is 3.42. The summed E-state index contributed by atoms with van der Waals surface area (Å²) in [5.41, 5.74) is 1.29. The van der Waals surface area contributed by atoms with E-state index in [1.807, 2.05) is 30.5 Å². The molecular weight excluding hydrogens is 276 g/mol. The summed E-state index contributed by atoms with van der Waals surface area (Å²) in [5.74, 6) is -0.119. The van der Waals surface area contributed by atoms with E-state index in [0.29, 0.717) is 12.2 Å². The highest BCUT2D eigenvalue weighted by molar-refractivity contribution is 7.98. The summed E-state index contributed by atoms with van der Waals surface area (Å²) in [6.07, 6.45) is 2.01. The summed E-state index contributed by atoms with van der Waals surface area (Å²) in [5, 5.41) is 23.2. The third-order valence-corrected chi connectivity index (χ3v) is 3.56. The number of benzene rings is 2. The van der Waals surface area contributed by atoms with Crippen molar-refractivity contribution in [2.75, 3.05) is 11.6 Å². The number of nitrogens with one attached hydrogen (secondary N) is 1. The van der Waals surface area contributed by atoms with E-state index in [1.54, 1.807) is 11.8 Å². The molecule has 2 N–H and O–H groups in total. The van der Waals surface area contributed by atoms with Crippen LogP contribution >= 0.6 is 11.8 Å². The molecule has 0 heterocycles. The fourth-order valence-corrected chi connectivity index (χ4v) is 2.17. The minimum atomic E-state index is -0.515. The van der Waals surface area contributed by atoms with Gasteiger partial charge in [-0.05, 0) is 36.1 Å². The Bertz CT molecular complexity index is 614. The SMILES string of the molecule is CSc1ccc(CNc2ccc(O)cc2[N+](=O)[O-])cc1. The number of aromatic hydroxyl groups is 1. The number of nitro groups is 1. The van der Waals surface area contributed by atoms with Crippen LogP contribution in [0.5, 0.6) is 5.75 Å². The molecule has 0 bridgehead atoms. The van der Waals surface area contributed by atoms with Gasteiger partial charge in [0.05, 0.1) is 11.0 Å². The van der Waals surface area contributed by atoms with Crippen LogP contribution < -0.4 is 5.32 Å². The fourth-order valence-electron chi connectivity index (χ4n) is 1.76. The monoisotopic (exact) mass is 290 g/mol. The van der Waals surface area contributed by atoms with Crippen LogP contribution in [0.1, 0.15) is 5.56 Å². The quantitative estimate of drug-likeness (QED) is 0.380. The fraction of sp³-hybridized carbons (Fsp3) is 0.143. The zero-order chi connectivity index (χ0) is 14.5. The maximum absolute atomic E-state index is 10.9. The molecule has 0 aromatic heterocycles. The van der Waals surface area contributed by atoms with Gasteiger partial charge < -0.3 is 10.4 Å². The maximum atomic E-state index is 10.9. The van der Waals surface area contributed by atoms with Gasteiger partial charge in [0.2, 0.25) is 0 Å². The van der Waals surface area contributed by atoms with Crippen LogP contribution in [0, 0.1) is 10.1 Å². The summed E-state index contributed by atoms with van der Waals surface area (Å²) >= 11 is 1.66. The topological polar surface area (TPSA) is 75.4 Å². The van der Waals surface area contributed by atoms with Crippen molar-refractivity contribution in [1.29, 1.82) is 0 Å². The Labute approximate surface area is 120 Å². The molecular formula is C14H14N2O3S. The number of phenolic OH excluding ortho intramolecular Hbond substituents is 1. The zero-order valence-corrected chi connectivity index (χ0v) is 11.7. The van der Waals surface area contributed by atoms with Crippen molar-refractivity contribution >= 4 is 23.1 Å². The van der Waals surface area contributed by atoms with Crippen molar-refractivity contribution in [2.24, 2.45) is 0 Å². The Hall–Kier alpha value is -2.21. The average molecular weight is 290 g/mol. The van der Waals surface area contributed by atoms with E-state index >= 15 is 0 Å². The molecule has 6 heteroatoms. The van der Waals surface area contributed by atoms with Gasteiger partial charge in [-0.25, -0.2) is 0 Å². The first-order valence-corrected chi connectivity index (χ1v) is 7.17. The van der Waals surface area contributed by atoms with Crippen LogP contribution in [0.3, 0.4) is 0 Å². The highest BCUT2D eigenvalue weighted by Crippen LogP contribution is 2.28. The summed E-state index contributed by atoms with van der Waals surface area (Å²) < 4.78 is 0. The van der Waals surface area contributed by atoms with Gasteiger partial charge >= 0.3 is 0 Å². The van der Waals surface area contributed by atoms with Crippen molar-refractivity contribution in [3.63, 3.8) is 0 Å². The summed E-state index contributed by atoms with van der Waals surface area (Å²) in [6, 6.07) is 12.0. The molecule has 20 heavy (non-hydrogen) atoms. The molecule has 2 rings (SSSR count). The molecule has 0 radical (unpaired) electrons. The Morgan fingerprint density at radius 1 is 1.25 bits per heavy atom. The standard InChI is InChI=1S/C14H14N2O3S/c1-20-12-5-2-10(3-6-12)9-15-13-7-4-11(17)8-14(13)16(18)19/h2-8,15,17H,9H2,1H3. The zero-order valence-electron chi connectivity index (χ0n) is 10.9. The minimum absolute atomic E-state index is 0.119. The molecule has 0 spiro atoms. The number of thioether (sulfide) groups is 1. The molecule has 104 valence electrons. The van der Waals surface area contributed by atoms with E-state index in [4.69, 9.17) is 0 Å². The summed E-state index contributed by atoms with van der Waals surface area (Å²) in [7, 11) is 0. The first-order chi connectivity index (χ1) is 9.60. The van der Waals surface area contributed by atoms with Gasteiger partial charge in [-0.2, -0.15) is 0 Å². The lowest BCUT2D eigenvalue weighted by atomic mass is 10.2. The van der Waals surface area contributed by atoms with Crippen LogP contribution in [0.15, 0.2) is 47.4 Å². The lowest BCUT2D eigenvalue weighted by molar-refractivity contribution is -0.384. The van der Waals surface area contributed by atoms with Crippen LogP contribution in [-0.2, 0) is 6.54 Å². The van der Waals surface area contributed by atoms with Gasteiger partial charge in [-0.3, -0.25) is 10.1 Å². The molecule has 0 aliphatic carbocycles. The summed E-state index contributed by atoms with van der Waals surface area (Å²) in [4.78, 5) is 11.6. The van der Waals surface area contributed by atoms with Crippen LogP contribution in [0.2, 0.25) is 0 Å². The first-order valence-electron chi connectivity index (χ1n) is 5.94. The molecule has 5 nitrogen and oxygen atoms in total. The number of nitro benzene ring substituents is 1. The van der Waals surface area contributed by atoms with E-state index in [1.165, 1.54) is 17.0 Å². The Morgan fingerprint density at radius 3 is 2.55 bits per heavy atom. The molecule has 2 aromatic rings. The van der Waals surface area contributed by atoms with Crippen molar-refractivity contribution in [3.8, 4) is 5.75 Å². The minimum Gasteiger partial charge on any atom is -0.508 e. The lowest BCUT2D eigenvalue weighted by Gasteiger charge is -2.08. The van der Waals surface area contributed by atoms with Gasteiger partial charge in [-0.15, -0.1) is 11.8 Å². The van der Waals surface area contributed by atoms with Crippen molar-refractivity contribution in [2.45, 2.75) is 11.4 Å². The molecule has 0 atom stereocenters. The highest BCUT2D eigenvalue weighted by Gasteiger charge is 2.14. The molecule has 0 aliphatic rings. The van der Waals surface area contributed by atoms with E-state index in [9.17, 15) is 15.2 Å². The molecule has 0 unspecified atom stereocenters.